The minimum atomic E-state index is 0.0531. The molecule has 1 aliphatic rings. The molecular weight excluding hydrogens is 248 g/mol. The molecule has 3 nitrogen and oxygen atoms in total. The molecule has 92 valence electrons. The summed E-state index contributed by atoms with van der Waals surface area (Å²) in [4.78, 5) is 16.0. The van der Waals surface area contributed by atoms with E-state index in [1.807, 2.05) is 0 Å². The van der Waals surface area contributed by atoms with Gasteiger partial charge in [0.1, 0.15) is 0 Å². The van der Waals surface area contributed by atoms with Gasteiger partial charge in [0, 0.05) is 5.69 Å². The van der Waals surface area contributed by atoms with Gasteiger partial charge in [-0.15, -0.1) is 0 Å². The van der Waals surface area contributed by atoms with E-state index in [2.05, 4.69) is 4.99 Å². The molecular formula is C14H13ClN2O. The predicted octanol–water partition coefficient (Wildman–Crippen LogP) is 3.47. The number of nitrogen functional groups attached to an aromatic ring is 1. The quantitative estimate of drug-likeness (QED) is 0.621. The third kappa shape index (κ3) is 2.51. The maximum Gasteiger partial charge on any atom is 0.184 e. The van der Waals surface area contributed by atoms with E-state index >= 15 is 0 Å². The first kappa shape index (κ1) is 12.6. The van der Waals surface area contributed by atoms with Crippen molar-refractivity contribution in [2.45, 2.75) is 13.8 Å². The van der Waals surface area contributed by atoms with Crippen LogP contribution in [-0.2, 0) is 4.79 Å². The number of hydrogen-bond acceptors (Lipinski definition) is 3. The predicted molar refractivity (Wildman–Crippen MR) is 75.5 cm³/mol. The van der Waals surface area contributed by atoms with Gasteiger partial charge in [0.15, 0.2) is 5.78 Å². The van der Waals surface area contributed by atoms with E-state index in [0.29, 0.717) is 27.5 Å². The van der Waals surface area contributed by atoms with E-state index in [9.17, 15) is 4.79 Å². The van der Waals surface area contributed by atoms with Gasteiger partial charge in [-0.25, -0.2) is 4.99 Å². The summed E-state index contributed by atoms with van der Waals surface area (Å²) in [6.45, 7) is 3.55. The molecule has 1 aromatic rings. The van der Waals surface area contributed by atoms with Crippen LogP contribution in [0.15, 0.2) is 46.5 Å². The molecule has 0 saturated heterocycles. The Balaban J connectivity index is 2.43. The number of carbonyl (C=O) groups is 1. The molecule has 0 spiro atoms. The first-order valence-corrected chi connectivity index (χ1v) is 5.90. The van der Waals surface area contributed by atoms with Crippen molar-refractivity contribution < 1.29 is 4.79 Å². The van der Waals surface area contributed by atoms with Gasteiger partial charge in [-0.05, 0) is 55.3 Å². The second-order valence-electron chi connectivity index (χ2n) is 4.23. The van der Waals surface area contributed by atoms with Crippen molar-refractivity contribution in [1.82, 2.24) is 0 Å². The zero-order valence-electron chi connectivity index (χ0n) is 10.2. The van der Waals surface area contributed by atoms with Crippen LogP contribution in [-0.4, -0.2) is 11.5 Å². The third-order valence-corrected chi connectivity index (χ3v) is 2.97. The maximum atomic E-state index is 11.6. The number of allylic oxidation sites excluding steroid dienone is 4. The molecule has 4 heteroatoms. The average molecular weight is 261 g/mol. The normalized spacial score (nSPS) is 15.3. The Morgan fingerprint density at radius 3 is 2.33 bits per heavy atom. The standard InChI is InChI=1S/C14H13ClN2O/c1-8-5-11(6-9(2)14(8)18)17-13-4-3-10(16)7-12(13)15/h3-7H,16H2,1-2H3. The van der Waals surface area contributed by atoms with Crippen LogP contribution in [0, 0.1) is 0 Å². The summed E-state index contributed by atoms with van der Waals surface area (Å²) in [7, 11) is 0. The molecule has 0 heterocycles. The lowest BCUT2D eigenvalue weighted by Gasteiger charge is -2.09. The number of ketones is 1. The van der Waals surface area contributed by atoms with E-state index in [1.165, 1.54) is 0 Å². The van der Waals surface area contributed by atoms with Gasteiger partial charge in [-0.2, -0.15) is 0 Å². The van der Waals surface area contributed by atoms with Crippen LogP contribution in [0.4, 0.5) is 11.4 Å². The first-order valence-electron chi connectivity index (χ1n) is 5.52. The Hall–Kier alpha value is -1.87. The number of anilines is 1. The van der Waals surface area contributed by atoms with Gasteiger partial charge in [0.05, 0.1) is 16.4 Å². The maximum absolute atomic E-state index is 11.6. The summed E-state index contributed by atoms with van der Waals surface area (Å²) in [5, 5.41) is 0.497. The molecule has 0 radical (unpaired) electrons. The summed E-state index contributed by atoms with van der Waals surface area (Å²) >= 11 is 6.05. The lowest BCUT2D eigenvalue weighted by Crippen LogP contribution is -2.10. The van der Waals surface area contributed by atoms with E-state index < -0.39 is 0 Å². The molecule has 0 amide bonds. The van der Waals surface area contributed by atoms with Gasteiger partial charge in [-0.3, -0.25) is 4.79 Å². The number of carbonyl (C=O) groups excluding carboxylic acids is 1. The summed E-state index contributed by atoms with van der Waals surface area (Å²) in [5.41, 5.74) is 8.94. The van der Waals surface area contributed by atoms with Crippen LogP contribution < -0.4 is 5.73 Å². The fourth-order valence-corrected chi connectivity index (χ4v) is 1.98. The van der Waals surface area contributed by atoms with E-state index in [-0.39, 0.29) is 5.78 Å². The van der Waals surface area contributed by atoms with Crippen LogP contribution in [0.25, 0.3) is 0 Å². The fraction of sp³-hybridized carbons (Fsp3) is 0.143. The molecule has 1 aliphatic carbocycles. The molecule has 0 bridgehead atoms. The number of benzene rings is 1. The molecule has 0 saturated carbocycles. The SMILES string of the molecule is CC1=CC(=Nc2ccc(N)cc2Cl)C=C(C)C1=O. The van der Waals surface area contributed by atoms with Gasteiger partial charge in [0.25, 0.3) is 0 Å². The average Bonchev–Trinajstić information content (AvgIpc) is 2.29. The monoisotopic (exact) mass is 260 g/mol. The van der Waals surface area contributed by atoms with Crippen molar-refractivity contribution in [3.63, 3.8) is 0 Å². The summed E-state index contributed by atoms with van der Waals surface area (Å²) in [6, 6.07) is 5.15. The number of halogens is 1. The van der Waals surface area contributed by atoms with Gasteiger partial charge in [-0.1, -0.05) is 11.6 Å². The zero-order valence-corrected chi connectivity index (χ0v) is 11.0. The highest BCUT2D eigenvalue weighted by Gasteiger charge is 2.13. The van der Waals surface area contributed by atoms with E-state index in [0.717, 1.165) is 5.71 Å². The summed E-state index contributed by atoms with van der Waals surface area (Å²) < 4.78 is 0. The molecule has 2 rings (SSSR count). The number of Topliss-reactive ketones (excluding diaryl/α,β-unsaturated/α-hetero) is 1. The molecule has 2 N–H and O–H groups in total. The van der Waals surface area contributed by atoms with Crippen LogP contribution in [0.3, 0.4) is 0 Å². The zero-order chi connectivity index (χ0) is 13.3. The number of hydrogen-bond donors (Lipinski definition) is 1. The van der Waals surface area contributed by atoms with E-state index in [1.54, 1.807) is 44.2 Å². The smallest absolute Gasteiger partial charge is 0.184 e. The van der Waals surface area contributed by atoms with Crippen molar-refractivity contribution in [2.75, 3.05) is 5.73 Å². The van der Waals surface area contributed by atoms with Crippen LogP contribution >= 0.6 is 11.6 Å². The lowest BCUT2D eigenvalue weighted by molar-refractivity contribution is -0.112. The molecule has 0 fully saturated rings. The van der Waals surface area contributed by atoms with Gasteiger partial charge in [0.2, 0.25) is 0 Å². The molecule has 1 aromatic carbocycles. The highest BCUT2D eigenvalue weighted by Crippen LogP contribution is 2.28. The Morgan fingerprint density at radius 2 is 1.78 bits per heavy atom. The van der Waals surface area contributed by atoms with E-state index in [4.69, 9.17) is 17.3 Å². The second-order valence-corrected chi connectivity index (χ2v) is 4.64. The number of nitrogens with zero attached hydrogens (tertiary/aromatic N) is 1. The Kier molecular flexibility index (Phi) is 3.34. The molecule has 0 unspecified atom stereocenters. The Labute approximate surface area is 111 Å². The lowest BCUT2D eigenvalue weighted by atomic mass is 9.98. The highest BCUT2D eigenvalue weighted by atomic mass is 35.5. The fourth-order valence-electron chi connectivity index (χ4n) is 1.74. The number of nitrogens with two attached hydrogens (primary N) is 1. The van der Waals surface area contributed by atoms with Crippen molar-refractivity contribution in [3.05, 3.63) is 46.5 Å². The van der Waals surface area contributed by atoms with Crippen molar-refractivity contribution in [1.29, 1.82) is 0 Å². The highest BCUT2D eigenvalue weighted by molar-refractivity contribution is 6.33. The molecule has 0 aliphatic heterocycles. The Morgan fingerprint density at radius 1 is 1.17 bits per heavy atom. The van der Waals surface area contributed by atoms with Crippen molar-refractivity contribution in [3.8, 4) is 0 Å². The first-order chi connectivity index (χ1) is 8.47. The summed E-state index contributed by atoms with van der Waals surface area (Å²) in [5.74, 6) is 0.0531. The van der Waals surface area contributed by atoms with Crippen molar-refractivity contribution in [2.24, 2.45) is 4.99 Å². The van der Waals surface area contributed by atoms with Crippen LogP contribution in [0.1, 0.15) is 13.8 Å². The Bertz CT molecular complexity index is 588. The third-order valence-electron chi connectivity index (χ3n) is 2.67. The van der Waals surface area contributed by atoms with Crippen molar-refractivity contribution >= 4 is 34.5 Å². The largest absolute Gasteiger partial charge is 0.399 e. The van der Waals surface area contributed by atoms with Gasteiger partial charge >= 0.3 is 0 Å². The van der Waals surface area contributed by atoms with Gasteiger partial charge < -0.3 is 5.73 Å². The van der Waals surface area contributed by atoms with Crippen LogP contribution in [0.5, 0.6) is 0 Å². The topological polar surface area (TPSA) is 55.4 Å². The molecule has 18 heavy (non-hydrogen) atoms. The minimum Gasteiger partial charge on any atom is -0.399 e. The summed E-state index contributed by atoms with van der Waals surface area (Å²) in [6.07, 6.45) is 3.50. The molecule has 0 atom stereocenters. The van der Waals surface area contributed by atoms with Crippen LogP contribution in [0.2, 0.25) is 5.02 Å². The second kappa shape index (κ2) is 4.78. The number of aliphatic imine (C=N–C) groups is 1. The molecule has 0 aromatic heterocycles. The number of rotatable bonds is 1. The minimum absolute atomic E-state index is 0.0531.